The highest BCUT2D eigenvalue weighted by Crippen LogP contribution is 2.42. The van der Waals surface area contributed by atoms with Crippen molar-refractivity contribution < 1.29 is 23.0 Å². The second kappa shape index (κ2) is 6.57. The average Bonchev–Trinajstić information content (AvgIpc) is 3.20. The first-order valence-electron chi connectivity index (χ1n) is 8.51. The summed E-state index contributed by atoms with van der Waals surface area (Å²) in [5, 5.41) is 2.70. The molecular weight excluding hydrogens is 342 g/mol. The fourth-order valence-corrected chi connectivity index (χ4v) is 3.24. The zero-order valence-electron chi connectivity index (χ0n) is 14.0. The van der Waals surface area contributed by atoms with Gasteiger partial charge in [-0.25, -0.2) is 0 Å². The highest BCUT2D eigenvalue weighted by atomic mass is 19.3. The van der Waals surface area contributed by atoms with E-state index in [1.807, 2.05) is 18.2 Å². The Morgan fingerprint density at radius 1 is 1.08 bits per heavy atom. The maximum absolute atomic E-state index is 13.1. The van der Waals surface area contributed by atoms with E-state index < -0.39 is 6.29 Å². The van der Waals surface area contributed by atoms with Gasteiger partial charge in [0, 0.05) is 23.9 Å². The Balaban J connectivity index is 1.45. The molecule has 0 saturated carbocycles. The van der Waals surface area contributed by atoms with E-state index in [1.165, 1.54) is 31.0 Å². The molecule has 2 aromatic rings. The van der Waals surface area contributed by atoms with Crippen LogP contribution in [-0.4, -0.2) is 30.2 Å². The summed E-state index contributed by atoms with van der Waals surface area (Å²) in [5.41, 5.74) is 1.95. The van der Waals surface area contributed by atoms with Gasteiger partial charge in [-0.2, -0.15) is 0 Å². The minimum Gasteiger partial charge on any atom is -0.395 e. The number of ether oxygens (including phenoxy) is 2. The van der Waals surface area contributed by atoms with Gasteiger partial charge in [0.2, 0.25) is 0 Å². The summed E-state index contributed by atoms with van der Waals surface area (Å²) in [7, 11) is 0. The van der Waals surface area contributed by atoms with Crippen molar-refractivity contribution in [1.82, 2.24) is 4.90 Å². The average molecular weight is 360 g/mol. The number of rotatable bonds is 4. The second-order valence-electron chi connectivity index (χ2n) is 6.47. The lowest BCUT2D eigenvalue weighted by Crippen LogP contribution is -2.25. The molecule has 0 atom stereocenters. The number of nitrogens with one attached hydrogen (secondary N) is 1. The number of likely N-dealkylation sites (tertiary alicyclic amines) is 1. The van der Waals surface area contributed by atoms with E-state index in [-0.39, 0.29) is 17.4 Å². The molecule has 4 rings (SSSR count). The van der Waals surface area contributed by atoms with Crippen LogP contribution >= 0.6 is 0 Å². The molecule has 0 aromatic heterocycles. The molecule has 2 aliphatic rings. The number of hydrogen-bond acceptors (Lipinski definition) is 4. The van der Waals surface area contributed by atoms with E-state index in [9.17, 15) is 13.6 Å². The van der Waals surface area contributed by atoms with Gasteiger partial charge >= 0.3 is 6.29 Å². The van der Waals surface area contributed by atoms with Crippen LogP contribution in [-0.2, 0) is 6.54 Å². The third-order valence-electron chi connectivity index (χ3n) is 4.45. The van der Waals surface area contributed by atoms with Crippen LogP contribution in [0.1, 0.15) is 28.8 Å². The minimum absolute atomic E-state index is 0.0550. The van der Waals surface area contributed by atoms with Crippen LogP contribution in [0.15, 0.2) is 42.5 Å². The largest absolute Gasteiger partial charge is 0.586 e. The van der Waals surface area contributed by atoms with Crippen LogP contribution in [0.25, 0.3) is 0 Å². The van der Waals surface area contributed by atoms with Crippen LogP contribution in [0, 0.1) is 0 Å². The number of benzene rings is 2. The molecule has 0 radical (unpaired) electrons. The fourth-order valence-electron chi connectivity index (χ4n) is 3.24. The topological polar surface area (TPSA) is 50.8 Å². The molecule has 0 spiro atoms. The highest BCUT2D eigenvalue weighted by molar-refractivity contribution is 6.04. The Hall–Kier alpha value is -2.67. The number of anilines is 1. The summed E-state index contributed by atoms with van der Waals surface area (Å²) >= 11 is 0. The minimum atomic E-state index is -3.67. The predicted octanol–water partition coefficient (Wildman–Crippen LogP) is 3.86. The molecule has 7 heteroatoms. The molecule has 1 saturated heterocycles. The van der Waals surface area contributed by atoms with Gasteiger partial charge in [0.05, 0.1) is 0 Å². The molecule has 136 valence electrons. The van der Waals surface area contributed by atoms with Gasteiger partial charge in [-0.15, -0.1) is 8.78 Å². The number of carbonyl (C=O) groups excluding carboxylic acids is 1. The maximum atomic E-state index is 13.1. The lowest BCUT2D eigenvalue weighted by atomic mass is 10.1. The van der Waals surface area contributed by atoms with Crippen molar-refractivity contribution in [3.63, 3.8) is 0 Å². The summed E-state index contributed by atoms with van der Waals surface area (Å²) < 4.78 is 34.9. The summed E-state index contributed by atoms with van der Waals surface area (Å²) in [6.07, 6.45) is -1.25. The lowest BCUT2D eigenvalue weighted by molar-refractivity contribution is -0.286. The van der Waals surface area contributed by atoms with Crippen LogP contribution < -0.4 is 14.8 Å². The van der Waals surface area contributed by atoms with E-state index in [0.29, 0.717) is 11.3 Å². The van der Waals surface area contributed by atoms with Gasteiger partial charge < -0.3 is 14.8 Å². The molecule has 0 unspecified atom stereocenters. The number of carbonyl (C=O) groups is 1. The fraction of sp³-hybridized carbons (Fsp3) is 0.316. The van der Waals surface area contributed by atoms with Crippen molar-refractivity contribution in [3.05, 3.63) is 53.6 Å². The molecule has 0 aliphatic carbocycles. The van der Waals surface area contributed by atoms with Gasteiger partial charge in [0.1, 0.15) is 0 Å². The van der Waals surface area contributed by atoms with Crippen molar-refractivity contribution in [2.24, 2.45) is 0 Å². The predicted molar refractivity (Wildman–Crippen MR) is 91.6 cm³/mol. The van der Waals surface area contributed by atoms with Gasteiger partial charge in [-0.05, 0) is 55.8 Å². The first-order valence-corrected chi connectivity index (χ1v) is 8.51. The van der Waals surface area contributed by atoms with Crippen LogP contribution in [0.4, 0.5) is 14.5 Å². The monoisotopic (exact) mass is 360 g/mol. The normalized spacial score (nSPS) is 18.1. The zero-order valence-corrected chi connectivity index (χ0v) is 14.0. The van der Waals surface area contributed by atoms with Crippen LogP contribution in [0.3, 0.4) is 0 Å². The van der Waals surface area contributed by atoms with E-state index in [1.54, 1.807) is 6.07 Å². The van der Waals surface area contributed by atoms with Crippen LogP contribution in [0.5, 0.6) is 11.5 Å². The number of nitrogens with zero attached hydrogens (tertiary/aromatic N) is 1. The van der Waals surface area contributed by atoms with Crippen LogP contribution in [0.2, 0.25) is 0 Å². The van der Waals surface area contributed by atoms with E-state index in [2.05, 4.69) is 19.7 Å². The summed E-state index contributed by atoms with van der Waals surface area (Å²) in [6, 6.07) is 11.6. The first-order chi connectivity index (χ1) is 12.5. The van der Waals surface area contributed by atoms with Gasteiger partial charge in [-0.3, -0.25) is 9.69 Å². The molecule has 5 nitrogen and oxygen atoms in total. The number of fused-ring (bicyclic) bond motifs is 1. The molecule has 1 N–H and O–H groups in total. The van der Waals surface area contributed by atoms with Crippen molar-refractivity contribution in [1.29, 1.82) is 0 Å². The second-order valence-corrected chi connectivity index (χ2v) is 6.47. The van der Waals surface area contributed by atoms with Crippen molar-refractivity contribution in [3.8, 4) is 11.5 Å². The Morgan fingerprint density at radius 2 is 1.85 bits per heavy atom. The van der Waals surface area contributed by atoms with E-state index in [4.69, 9.17) is 0 Å². The third-order valence-corrected chi connectivity index (χ3v) is 4.45. The first kappa shape index (κ1) is 16.8. The lowest BCUT2D eigenvalue weighted by Gasteiger charge is -2.15. The third kappa shape index (κ3) is 3.62. The standard InChI is InChI=1S/C19H18F2N2O3/c20-19(21)25-16-7-6-15(11-17(16)26-19)22-18(24)14-5-3-4-13(10-14)12-23-8-1-2-9-23/h3-7,10-11H,1-2,8-9,12H2,(H,22,24). The molecule has 1 fully saturated rings. The number of alkyl halides is 2. The molecule has 26 heavy (non-hydrogen) atoms. The van der Waals surface area contributed by atoms with Gasteiger partial charge in [-0.1, -0.05) is 12.1 Å². The Kier molecular flexibility index (Phi) is 4.24. The van der Waals surface area contributed by atoms with Crippen molar-refractivity contribution in [2.75, 3.05) is 18.4 Å². The molecule has 2 aromatic carbocycles. The molecule has 2 aliphatic heterocycles. The van der Waals surface area contributed by atoms with Gasteiger partial charge in [0.15, 0.2) is 11.5 Å². The van der Waals surface area contributed by atoms with Crippen molar-refractivity contribution in [2.45, 2.75) is 25.7 Å². The molecule has 0 bridgehead atoms. The molecule has 2 heterocycles. The van der Waals surface area contributed by atoms with Gasteiger partial charge in [0.25, 0.3) is 5.91 Å². The Labute approximate surface area is 149 Å². The highest BCUT2D eigenvalue weighted by Gasteiger charge is 2.43. The zero-order chi connectivity index (χ0) is 18.1. The summed E-state index contributed by atoms with van der Waals surface area (Å²) in [4.78, 5) is 14.8. The van der Waals surface area contributed by atoms with E-state index in [0.717, 1.165) is 25.2 Å². The summed E-state index contributed by atoms with van der Waals surface area (Å²) in [5.74, 6) is -0.463. The Morgan fingerprint density at radius 3 is 2.65 bits per heavy atom. The van der Waals surface area contributed by atoms with Crippen molar-refractivity contribution >= 4 is 11.6 Å². The van der Waals surface area contributed by atoms with E-state index >= 15 is 0 Å². The quantitative estimate of drug-likeness (QED) is 0.900. The Bertz CT molecular complexity index is 835. The number of halogens is 2. The molecule has 1 amide bonds. The number of hydrogen-bond donors (Lipinski definition) is 1. The summed E-state index contributed by atoms with van der Waals surface area (Å²) in [6.45, 7) is 2.98. The molecular formula is C19H18F2N2O3. The SMILES string of the molecule is O=C(Nc1ccc2c(c1)OC(F)(F)O2)c1cccc(CN2CCCC2)c1. The number of amides is 1. The smallest absolute Gasteiger partial charge is 0.395 e. The maximum Gasteiger partial charge on any atom is 0.586 e.